The number of rotatable bonds is 9. The van der Waals surface area contributed by atoms with Crippen molar-refractivity contribution >= 4 is 23.5 Å². The quantitative estimate of drug-likeness (QED) is 0.484. The van der Waals surface area contributed by atoms with Crippen LogP contribution in [0.15, 0.2) is 84.9 Å². The largest absolute Gasteiger partial charge is 0.452 e. The first kappa shape index (κ1) is 22.3. The van der Waals surface area contributed by atoms with E-state index in [1.54, 1.807) is 24.3 Å². The van der Waals surface area contributed by atoms with E-state index >= 15 is 0 Å². The summed E-state index contributed by atoms with van der Waals surface area (Å²) in [5, 5.41) is 5.75. The second-order valence-corrected chi connectivity index (χ2v) is 8.13. The maximum Gasteiger partial charge on any atom is 0.340 e. The molecule has 6 heteroatoms. The third kappa shape index (κ3) is 6.29. The van der Waals surface area contributed by atoms with Gasteiger partial charge in [-0.15, -0.1) is 0 Å². The highest BCUT2D eigenvalue weighted by Gasteiger charge is 2.33. The maximum atomic E-state index is 12.7. The van der Waals surface area contributed by atoms with Crippen LogP contribution in [0.25, 0.3) is 0 Å². The first-order chi connectivity index (χ1) is 16.1. The van der Waals surface area contributed by atoms with Gasteiger partial charge in [0.2, 0.25) is 5.91 Å². The lowest BCUT2D eigenvalue weighted by Gasteiger charge is -2.19. The number of ether oxygens (including phenoxy) is 1. The number of amides is 2. The summed E-state index contributed by atoms with van der Waals surface area (Å²) >= 11 is 0. The number of hydrogen-bond donors (Lipinski definition) is 2. The van der Waals surface area contributed by atoms with Gasteiger partial charge in [0, 0.05) is 0 Å². The van der Waals surface area contributed by atoms with Gasteiger partial charge in [-0.05, 0) is 42.0 Å². The van der Waals surface area contributed by atoms with Gasteiger partial charge in [0.25, 0.3) is 5.91 Å². The van der Waals surface area contributed by atoms with Crippen LogP contribution in [0.3, 0.4) is 0 Å². The van der Waals surface area contributed by atoms with Crippen molar-refractivity contribution in [1.29, 1.82) is 0 Å². The average Bonchev–Trinajstić information content (AvgIpc) is 3.68. The fraction of sp³-hybridized carbons (Fsp3) is 0.222. The van der Waals surface area contributed by atoms with E-state index in [0.29, 0.717) is 11.6 Å². The molecule has 4 rings (SSSR count). The van der Waals surface area contributed by atoms with Gasteiger partial charge in [-0.3, -0.25) is 9.59 Å². The Kier molecular flexibility index (Phi) is 7.15. The summed E-state index contributed by atoms with van der Waals surface area (Å²) in [7, 11) is 0. The van der Waals surface area contributed by atoms with E-state index in [-0.39, 0.29) is 36.4 Å². The van der Waals surface area contributed by atoms with E-state index in [9.17, 15) is 14.4 Å². The molecule has 3 aromatic rings. The van der Waals surface area contributed by atoms with Gasteiger partial charge in [-0.1, -0.05) is 72.8 Å². The molecule has 1 fully saturated rings. The summed E-state index contributed by atoms with van der Waals surface area (Å²) in [5.41, 5.74) is 2.47. The molecule has 2 amide bonds. The summed E-state index contributed by atoms with van der Waals surface area (Å²) in [5.74, 6) is -0.847. The predicted molar refractivity (Wildman–Crippen MR) is 126 cm³/mol. The molecule has 1 atom stereocenters. The molecule has 0 radical (unpaired) electrons. The summed E-state index contributed by atoms with van der Waals surface area (Å²) in [6, 6.07) is 25.7. The topological polar surface area (TPSA) is 84.5 Å². The molecule has 0 aliphatic heterocycles. The van der Waals surface area contributed by atoms with Gasteiger partial charge >= 0.3 is 5.97 Å². The van der Waals surface area contributed by atoms with Gasteiger partial charge in [0.15, 0.2) is 6.61 Å². The van der Waals surface area contributed by atoms with Crippen LogP contribution in [0.2, 0.25) is 0 Å². The summed E-state index contributed by atoms with van der Waals surface area (Å²) in [4.78, 5) is 37.6. The SMILES string of the molecule is O=C(Cc1ccccc1)Nc1ccccc1C(=O)OCC(=O)NC(c1ccccc1)C1CC1. The molecule has 6 nitrogen and oxygen atoms in total. The van der Waals surface area contributed by atoms with Crippen molar-refractivity contribution in [2.24, 2.45) is 5.92 Å². The molecule has 33 heavy (non-hydrogen) atoms. The zero-order chi connectivity index (χ0) is 23.0. The number of para-hydroxylation sites is 1. The molecular formula is C27H26N2O4. The van der Waals surface area contributed by atoms with Crippen LogP contribution in [0.1, 0.15) is 40.4 Å². The Hall–Kier alpha value is -3.93. The second-order valence-electron chi connectivity index (χ2n) is 8.13. The van der Waals surface area contributed by atoms with Crippen LogP contribution < -0.4 is 10.6 Å². The average molecular weight is 443 g/mol. The molecule has 0 bridgehead atoms. The van der Waals surface area contributed by atoms with Crippen LogP contribution in [-0.4, -0.2) is 24.4 Å². The summed E-state index contributed by atoms with van der Waals surface area (Å²) in [6.07, 6.45) is 2.32. The molecule has 1 unspecified atom stereocenters. The third-order valence-electron chi connectivity index (χ3n) is 5.53. The van der Waals surface area contributed by atoms with Crippen molar-refractivity contribution in [2.45, 2.75) is 25.3 Å². The fourth-order valence-corrected chi connectivity index (χ4v) is 3.73. The minimum atomic E-state index is -0.663. The first-order valence-electron chi connectivity index (χ1n) is 11.0. The molecule has 3 aromatic carbocycles. The van der Waals surface area contributed by atoms with Crippen LogP contribution in [-0.2, 0) is 20.7 Å². The number of anilines is 1. The smallest absolute Gasteiger partial charge is 0.340 e. The Bertz CT molecular complexity index is 1110. The monoisotopic (exact) mass is 442 g/mol. The number of carbonyl (C=O) groups excluding carboxylic acids is 3. The molecule has 0 spiro atoms. The van der Waals surface area contributed by atoms with Crippen LogP contribution in [0, 0.1) is 5.92 Å². The van der Waals surface area contributed by atoms with Gasteiger partial charge in [-0.2, -0.15) is 0 Å². The normalized spacial score (nSPS) is 13.6. The number of benzene rings is 3. The zero-order valence-corrected chi connectivity index (χ0v) is 18.2. The van der Waals surface area contributed by atoms with Crippen LogP contribution in [0.5, 0.6) is 0 Å². The predicted octanol–water partition coefficient (Wildman–Crippen LogP) is 4.29. The van der Waals surface area contributed by atoms with E-state index in [1.807, 2.05) is 60.7 Å². The lowest BCUT2D eigenvalue weighted by molar-refractivity contribution is -0.125. The van der Waals surface area contributed by atoms with Crippen LogP contribution >= 0.6 is 0 Å². The van der Waals surface area contributed by atoms with Crippen LogP contribution in [0.4, 0.5) is 5.69 Å². The zero-order valence-electron chi connectivity index (χ0n) is 18.2. The lowest BCUT2D eigenvalue weighted by Crippen LogP contribution is -2.33. The Labute approximate surface area is 193 Å². The molecule has 1 aliphatic rings. The summed E-state index contributed by atoms with van der Waals surface area (Å²) < 4.78 is 5.27. The molecule has 1 saturated carbocycles. The number of esters is 1. The maximum absolute atomic E-state index is 12.7. The summed E-state index contributed by atoms with van der Waals surface area (Å²) in [6.45, 7) is -0.388. The number of carbonyl (C=O) groups is 3. The fourth-order valence-electron chi connectivity index (χ4n) is 3.73. The Balaban J connectivity index is 1.34. The van der Waals surface area contributed by atoms with Crippen molar-refractivity contribution in [3.05, 3.63) is 102 Å². The molecule has 168 valence electrons. The molecule has 0 saturated heterocycles. The van der Waals surface area contributed by atoms with Crippen molar-refractivity contribution in [2.75, 3.05) is 11.9 Å². The highest BCUT2D eigenvalue weighted by molar-refractivity contribution is 6.02. The molecule has 0 heterocycles. The standard InChI is InChI=1S/C27H26N2O4/c30-24(17-19-9-3-1-4-10-19)28-23-14-8-7-13-22(23)27(32)33-18-25(31)29-26(21-15-16-21)20-11-5-2-6-12-20/h1-14,21,26H,15-18H2,(H,28,30)(H,29,31). The number of nitrogens with one attached hydrogen (secondary N) is 2. The van der Waals surface area contributed by atoms with Crippen molar-refractivity contribution < 1.29 is 19.1 Å². The third-order valence-corrected chi connectivity index (χ3v) is 5.53. The molecule has 0 aromatic heterocycles. The minimum absolute atomic E-state index is 0.0815. The van der Waals surface area contributed by atoms with Gasteiger partial charge in [-0.25, -0.2) is 4.79 Å². The van der Waals surface area contributed by atoms with E-state index in [2.05, 4.69) is 10.6 Å². The van der Waals surface area contributed by atoms with Gasteiger partial charge < -0.3 is 15.4 Å². The molecule has 1 aliphatic carbocycles. The van der Waals surface area contributed by atoms with Gasteiger partial charge in [0.05, 0.1) is 23.7 Å². The highest BCUT2D eigenvalue weighted by atomic mass is 16.5. The van der Waals surface area contributed by atoms with E-state index in [1.165, 1.54) is 0 Å². The van der Waals surface area contributed by atoms with E-state index in [4.69, 9.17) is 4.74 Å². The Morgan fingerprint density at radius 2 is 1.45 bits per heavy atom. The minimum Gasteiger partial charge on any atom is -0.452 e. The molecular weight excluding hydrogens is 416 g/mol. The van der Waals surface area contributed by atoms with E-state index in [0.717, 1.165) is 24.0 Å². The van der Waals surface area contributed by atoms with Crippen molar-refractivity contribution in [3.63, 3.8) is 0 Å². The Morgan fingerprint density at radius 1 is 0.818 bits per heavy atom. The lowest BCUT2D eigenvalue weighted by atomic mass is 10.0. The second kappa shape index (κ2) is 10.6. The molecule has 2 N–H and O–H groups in total. The van der Waals surface area contributed by atoms with Crippen molar-refractivity contribution in [1.82, 2.24) is 5.32 Å². The van der Waals surface area contributed by atoms with Gasteiger partial charge in [0.1, 0.15) is 0 Å². The number of hydrogen-bond acceptors (Lipinski definition) is 4. The Morgan fingerprint density at radius 3 is 2.15 bits per heavy atom. The van der Waals surface area contributed by atoms with E-state index < -0.39 is 5.97 Å². The highest BCUT2D eigenvalue weighted by Crippen LogP contribution is 2.40. The first-order valence-corrected chi connectivity index (χ1v) is 11.0. The van der Waals surface area contributed by atoms with Crippen molar-refractivity contribution in [3.8, 4) is 0 Å².